The van der Waals surface area contributed by atoms with Crippen LogP contribution in [0.4, 0.5) is 0 Å². The minimum atomic E-state index is 0.111. The highest BCUT2D eigenvalue weighted by atomic mass is 16.2. The summed E-state index contributed by atoms with van der Waals surface area (Å²) >= 11 is 0. The van der Waals surface area contributed by atoms with E-state index in [1.807, 2.05) is 18.7 Å². The fourth-order valence-corrected chi connectivity index (χ4v) is 3.83. The zero-order valence-corrected chi connectivity index (χ0v) is 15.7. The van der Waals surface area contributed by atoms with E-state index in [1.165, 1.54) is 16.5 Å². The fourth-order valence-electron chi connectivity index (χ4n) is 3.83. The van der Waals surface area contributed by atoms with Gasteiger partial charge in [-0.25, -0.2) is 0 Å². The minimum absolute atomic E-state index is 0.111. The van der Waals surface area contributed by atoms with Gasteiger partial charge in [0.25, 0.3) is 0 Å². The molecule has 0 bridgehead atoms. The van der Waals surface area contributed by atoms with Crippen molar-refractivity contribution in [2.45, 2.75) is 58.5 Å². The topological polar surface area (TPSA) is 48.1 Å². The van der Waals surface area contributed by atoms with Crippen molar-refractivity contribution < 1.29 is 4.79 Å². The summed E-state index contributed by atoms with van der Waals surface area (Å²) in [5.41, 5.74) is 2.63. The van der Waals surface area contributed by atoms with Gasteiger partial charge < -0.3 is 15.2 Å². The monoisotopic (exact) mass is 341 g/mol. The van der Waals surface area contributed by atoms with Gasteiger partial charge in [0.15, 0.2) is 0 Å². The molecular formula is C21H31N3O. The van der Waals surface area contributed by atoms with E-state index in [-0.39, 0.29) is 5.92 Å². The molecule has 1 amide bonds. The molecule has 136 valence electrons. The normalized spacial score (nSPS) is 17.4. The third-order valence-corrected chi connectivity index (χ3v) is 5.34. The van der Waals surface area contributed by atoms with Crippen LogP contribution in [-0.4, -0.2) is 41.0 Å². The number of nitrogens with one attached hydrogen (secondary N) is 2. The minimum Gasteiger partial charge on any atom is -0.361 e. The number of piperidine rings is 1. The number of aromatic nitrogens is 1. The SMILES string of the molecule is CC(CCc1c[nH]c2ccccc12)NC1CCN(C(=O)C(C)C)CC1. The summed E-state index contributed by atoms with van der Waals surface area (Å²) in [4.78, 5) is 17.5. The van der Waals surface area contributed by atoms with E-state index in [0.29, 0.717) is 18.0 Å². The van der Waals surface area contributed by atoms with Gasteiger partial charge in [-0.05, 0) is 44.2 Å². The predicted molar refractivity (Wildman–Crippen MR) is 104 cm³/mol. The summed E-state index contributed by atoms with van der Waals surface area (Å²) in [5.74, 6) is 0.408. The molecule has 1 aromatic heterocycles. The van der Waals surface area contributed by atoms with Crippen LogP contribution in [0, 0.1) is 5.92 Å². The Morgan fingerprint density at radius 2 is 1.96 bits per heavy atom. The quantitative estimate of drug-likeness (QED) is 0.841. The molecule has 0 spiro atoms. The number of carbonyl (C=O) groups excluding carboxylic acids is 1. The maximum atomic E-state index is 12.1. The van der Waals surface area contributed by atoms with Gasteiger partial charge >= 0.3 is 0 Å². The van der Waals surface area contributed by atoms with E-state index in [4.69, 9.17) is 0 Å². The Morgan fingerprint density at radius 3 is 2.68 bits per heavy atom. The molecule has 1 atom stereocenters. The molecule has 1 aliphatic heterocycles. The summed E-state index contributed by atoms with van der Waals surface area (Å²) in [5, 5.41) is 5.11. The number of likely N-dealkylation sites (tertiary alicyclic amines) is 1. The number of hydrogen-bond donors (Lipinski definition) is 2. The summed E-state index contributed by atoms with van der Waals surface area (Å²) < 4.78 is 0. The molecule has 2 N–H and O–H groups in total. The van der Waals surface area contributed by atoms with Crippen LogP contribution >= 0.6 is 0 Å². The zero-order valence-electron chi connectivity index (χ0n) is 15.7. The maximum absolute atomic E-state index is 12.1. The van der Waals surface area contributed by atoms with E-state index >= 15 is 0 Å². The van der Waals surface area contributed by atoms with E-state index in [2.05, 4.69) is 47.7 Å². The first-order chi connectivity index (χ1) is 12.0. The molecule has 2 aromatic rings. The number of H-pyrrole nitrogens is 1. The zero-order chi connectivity index (χ0) is 17.8. The second kappa shape index (κ2) is 8.05. The van der Waals surface area contributed by atoms with Gasteiger partial charge in [0.1, 0.15) is 0 Å². The van der Waals surface area contributed by atoms with Crippen molar-refractivity contribution >= 4 is 16.8 Å². The lowest BCUT2D eigenvalue weighted by atomic mass is 10.0. The van der Waals surface area contributed by atoms with Gasteiger partial charge in [-0.15, -0.1) is 0 Å². The third-order valence-electron chi connectivity index (χ3n) is 5.34. The van der Waals surface area contributed by atoms with E-state index < -0.39 is 0 Å². The molecule has 1 fully saturated rings. The number of fused-ring (bicyclic) bond motifs is 1. The smallest absolute Gasteiger partial charge is 0.225 e. The van der Waals surface area contributed by atoms with Crippen molar-refractivity contribution in [1.82, 2.24) is 15.2 Å². The lowest BCUT2D eigenvalue weighted by molar-refractivity contribution is -0.135. The molecule has 0 radical (unpaired) electrons. The van der Waals surface area contributed by atoms with Crippen LogP contribution in [0.2, 0.25) is 0 Å². The molecule has 1 saturated heterocycles. The number of aromatic amines is 1. The average Bonchev–Trinajstić information content (AvgIpc) is 3.03. The molecule has 4 nitrogen and oxygen atoms in total. The molecule has 1 aromatic carbocycles. The van der Waals surface area contributed by atoms with Crippen molar-refractivity contribution in [2.75, 3.05) is 13.1 Å². The number of carbonyl (C=O) groups is 1. The van der Waals surface area contributed by atoms with E-state index in [1.54, 1.807) is 0 Å². The highest BCUT2D eigenvalue weighted by molar-refractivity contribution is 5.83. The molecule has 3 rings (SSSR count). The van der Waals surface area contributed by atoms with Crippen molar-refractivity contribution in [2.24, 2.45) is 5.92 Å². The Labute approximate surface area is 151 Å². The van der Waals surface area contributed by atoms with Crippen molar-refractivity contribution in [3.05, 3.63) is 36.0 Å². The number of rotatable bonds is 6. The number of aryl methyl sites for hydroxylation is 1. The van der Waals surface area contributed by atoms with Crippen LogP contribution in [0.15, 0.2) is 30.5 Å². The van der Waals surface area contributed by atoms with E-state index in [0.717, 1.165) is 38.8 Å². The average molecular weight is 341 g/mol. The first kappa shape index (κ1) is 18.0. The standard InChI is InChI=1S/C21H31N3O/c1-15(2)21(25)24-12-10-18(11-13-24)23-16(3)8-9-17-14-22-20-7-5-4-6-19(17)20/h4-7,14-16,18,22-23H,8-13H2,1-3H3. The molecule has 0 saturated carbocycles. The van der Waals surface area contributed by atoms with Gasteiger partial charge in [-0.1, -0.05) is 32.0 Å². The molecule has 25 heavy (non-hydrogen) atoms. The molecule has 2 heterocycles. The van der Waals surface area contributed by atoms with Crippen LogP contribution in [0.3, 0.4) is 0 Å². The highest BCUT2D eigenvalue weighted by Crippen LogP contribution is 2.20. The Kier molecular flexibility index (Phi) is 5.79. The lowest BCUT2D eigenvalue weighted by Gasteiger charge is -2.34. The number of amides is 1. The summed E-state index contributed by atoms with van der Waals surface area (Å²) in [7, 11) is 0. The van der Waals surface area contributed by atoms with Gasteiger partial charge in [0.2, 0.25) is 5.91 Å². The Balaban J connectivity index is 1.44. The number of nitrogens with zero attached hydrogens (tertiary/aromatic N) is 1. The van der Waals surface area contributed by atoms with Crippen molar-refractivity contribution in [1.29, 1.82) is 0 Å². The van der Waals surface area contributed by atoms with Gasteiger partial charge in [0.05, 0.1) is 0 Å². The van der Waals surface area contributed by atoms with Gasteiger partial charge in [-0.3, -0.25) is 4.79 Å². The summed E-state index contributed by atoms with van der Waals surface area (Å²) in [6.45, 7) is 8.03. The van der Waals surface area contributed by atoms with Crippen LogP contribution in [0.25, 0.3) is 10.9 Å². The molecule has 1 aliphatic rings. The Morgan fingerprint density at radius 1 is 1.24 bits per heavy atom. The molecule has 4 heteroatoms. The number of benzene rings is 1. The molecular weight excluding hydrogens is 310 g/mol. The van der Waals surface area contributed by atoms with Crippen molar-refractivity contribution in [3.8, 4) is 0 Å². The van der Waals surface area contributed by atoms with Crippen LogP contribution in [0.1, 0.15) is 45.6 Å². The maximum Gasteiger partial charge on any atom is 0.225 e. The van der Waals surface area contributed by atoms with Crippen LogP contribution < -0.4 is 5.32 Å². The van der Waals surface area contributed by atoms with Gasteiger partial charge in [-0.2, -0.15) is 0 Å². The number of hydrogen-bond acceptors (Lipinski definition) is 2. The van der Waals surface area contributed by atoms with Gasteiger partial charge in [0, 0.05) is 48.2 Å². The summed E-state index contributed by atoms with van der Waals surface area (Å²) in [6, 6.07) is 9.53. The Bertz CT molecular complexity index is 698. The predicted octanol–water partition coefficient (Wildman–Crippen LogP) is 3.73. The molecule has 0 aliphatic carbocycles. The largest absolute Gasteiger partial charge is 0.361 e. The second-order valence-electron chi connectivity index (χ2n) is 7.72. The third kappa shape index (κ3) is 4.43. The van der Waals surface area contributed by atoms with E-state index in [9.17, 15) is 4.79 Å². The lowest BCUT2D eigenvalue weighted by Crippen LogP contribution is -2.48. The summed E-state index contributed by atoms with van der Waals surface area (Å²) in [6.07, 6.45) is 6.50. The second-order valence-corrected chi connectivity index (χ2v) is 7.72. The van der Waals surface area contributed by atoms with Crippen LogP contribution in [0.5, 0.6) is 0 Å². The Hall–Kier alpha value is -1.81. The first-order valence-corrected chi connectivity index (χ1v) is 9.64. The fraction of sp³-hybridized carbons (Fsp3) is 0.571. The van der Waals surface area contributed by atoms with Crippen LogP contribution in [-0.2, 0) is 11.2 Å². The number of para-hydroxylation sites is 1. The first-order valence-electron chi connectivity index (χ1n) is 9.64. The highest BCUT2D eigenvalue weighted by Gasteiger charge is 2.24. The molecule has 1 unspecified atom stereocenters. The van der Waals surface area contributed by atoms with Crippen molar-refractivity contribution in [3.63, 3.8) is 0 Å².